The summed E-state index contributed by atoms with van der Waals surface area (Å²) in [5, 5.41) is 3.31. The lowest BCUT2D eigenvalue weighted by molar-refractivity contribution is 0.292. The first kappa shape index (κ1) is 15.3. The Bertz CT molecular complexity index is 443. The van der Waals surface area contributed by atoms with Gasteiger partial charge in [-0.3, -0.25) is 0 Å². The van der Waals surface area contributed by atoms with Gasteiger partial charge in [-0.15, -0.1) is 0 Å². The summed E-state index contributed by atoms with van der Waals surface area (Å²) in [5.41, 5.74) is 2.07. The molecule has 1 aromatic rings. The van der Waals surface area contributed by atoms with Crippen molar-refractivity contribution in [2.75, 3.05) is 24.5 Å². The summed E-state index contributed by atoms with van der Waals surface area (Å²) < 4.78 is 14.3. The molecule has 112 valence electrons. The summed E-state index contributed by atoms with van der Waals surface area (Å²) in [6, 6.07) is 5.67. The van der Waals surface area contributed by atoms with Crippen molar-refractivity contribution in [3.8, 4) is 0 Å². The van der Waals surface area contributed by atoms with Gasteiger partial charge >= 0.3 is 0 Å². The molecule has 0 atom stereocenters. The second-order valence-electron chi connectivity index (χ2n) is 6.65. The van der Waals surface area contributed by atoms with Gasteiger partial charge in [0.15, 0.2) is 0 Å². The minimum Gasteiger partial charge on any atom is -0.369 e. The van der Waals surface area contributed by atoms with E-state index in [2.05, 4.69) is 31.0 Å². The predicted octanol–water partition coefficient (Wildman–Crippen LogP) is 3.95. The van der Waals surface area contributed by atoms with Crippen molar-refractivity contribution in [3.63, 3.8) is 0 Å². The Morgan fingerprint density at radius 2 is 2.15 bits per heavy atom. The van der Waals surface area contributed by atoms with E-state index in [0.717, 1.165) is 50.3 Å². The highest BCUT2D eigenvalue weighted by Gasteiger charge is 2.27. The SMILES string of the molecule is CCCNCc1ccc(N2CCCC(C)(C)C2)c(F)c1. The highest BCUT2D eigenvalue weighted by Crippen LogP contribution is 2.32. The number of hydrogen-bond acceptors (Lipinski definition) is 2. The van der Waals surface area contributed by atoms with Crippen LogP contribution in [0.25, 0.3) is 0 Å². The highest BCUT2D eigenvalue weighted by atomic mass is 19.1. The number of anilines is 1. The molecule has 0 amide bonds. The fraction of sp³-hybridized carbons (Fsp3) is 0.647. The van der Waals surface area contributed by atoms with Crippen LogP contribution in [0.3, 0.4) is 0 Å². The van der Waals surface area contributed by atoms with Crippen LogP contribution >= 0.6 is 0 Å². The Kier molecular flexibility index (Phi) is 5.03. The van der Waals surface area contributed by atoms with Gasteiger partial charge in [0, 0.05) is 19.6 Å². The lowest BCUT2D eigenvalue weighted by Gasteiger charge is -2.39. The Morgan fingerprint density at radius 3 is 2.80 bits per heavy atom. The number of nitrogens with zero attached hydrogens (tertiary/aromatic N) is 1. The van der Waals surface area contributed by atoms with E-state index in [0.29, 0.717) is 0 Å². The van der Waals surface area contributed by atoms with Crippen LogP contribution in [0.2, 0.25) is 0 Å². The van der Waals surface area contributed by atoms with Crippen LogP contribution in [0.4, 0.5) is 10.1 Å². The summed E-state index contributed by atoms with van der Waals surface area (Å²) in [6.45, 7) is 10.3. The van der Waals surface area contributed by atoms with E-state index in [-0.39, 0.29) is 11.2 Å². The molecule has 1 N–H and O–H groups in total. The highest BCUT2D eigenvalue weighted by molar-refractivity contribution is 5.49. The van der Waals surface area contributed by atoms with Crippen molar-refractivity contribution in [1.29, 1.82) is 0 Å². The second kappa shape index (κ2) is 6.57. The lowest BCUT2D eigenvalue weighted by atomic mass is 9.84. The van der Waals surface area contributed by atoms with Crippen molar-refractivity contribution in [2.45, 2.75) is 46.6 Å². The van der Waals surface area contributed by atoms with Crippen LogP contribution in [0, 0.1) is 11.2 Å². The molecule has 0 unspecified atom stereocenters. The van der Waals surface area contributed by atoms with Crippen molar-refractivity contribution < 1.29 is 4.39 Å². The predicted molar refractivity (Wildman–Crippen MR) is 83.6 cm³/mol. The summed E-state index contributed by atoms with van der Waals surface area (Å²) in [6.07, 6.45) is 3.47. The zero-order valence-electron chi connectivity index (χ0n) is 13.0. The van der Waals surface area contributed by atoms with Gasteiger partial charge < -0.3 is 10.2 Å². The van der Waals surface area contributed by atoms with Gasteiger partial charge in [0.2, 0.25) is 0 Å². The smallest absolute Gasteiger partial charge is 0.146 e. The maximum absolute atomic E-state index is 14.3. The summed E-state index contributed by atoms with van der Waals surface area (Å²) >= 11 is 0. The first-order valence-corrected chi connectivity index (χ1v) is 7.76. The molecule has 2 rings (SSSR count). The molecule has 1 heterocycles. The third-order valence-corrected chi connectivity index (χ3v) is 4.01. The van der Waals surface area contributed by atoms with Gasteiger partial charge in [-0.2, -0.15) is 0 Å². The zero-order chi connectivity index (χ0) is 14.6. The van der Waals surface area contributed by atoms with E-state index in [1.807, 2.05) is 12.1 Å². The molecule has 1 aliphatic heterocycles. The standard InChI is InChI=1S/C17H27FN2/c1-4-9-19-12-14-6-7-16(15(18)11-14)20-10-5-8-17(2,3)13-20/h6-7,11,19H,4-5,8-10,12-13H2,1-3H3. The number of benzene rings is 1. The average molecular weight is 278 g/mol. The fourth-order valence-corrected chi connectivity index (χ4v) is 2.96. The van der Waals surface area contributed by atoms with E-state index in [4.69, 9.17) is 0 Å². The van der Waals surface area contributed by atoms with E-state index in [1.54, 1.807) is 6.07 Å². The van der Waals surface area contributed by atoms with Crippen LogP contribution in [0.1, 0.15) is 45.6 Å². The number of rotatable bonds is 5. The molecule has 0 aliphatic carbocycles. The van der Waals surface area contributed by atoms with Gasteiger partial charge in [-0.1, -0.05) is 26.8 Å². The molecule has 0 radical (unpaired) electrons. The quantitative estimate of drug-likeness (QED) is 0.820. The first-order chi connectivity index (χ1) is 9.52. The molecule has 3 heteroatoms. The minimum absolute atomic E-state index is 0.0847. The van der Waals surface area contributed by atoms with E-state index in [1.165, 1.54) is 6.42 Å². The van der Waals surface area contributed by atoms with Crippen LogP contribution < -0.4 is 10.2 Å². The molecule has 1 aliphatic rings. The normalized spacial score (nSPS) is 18.3. The Morgan fingerprint density at radius 1 is 1.35 bits per heavy atom. The maximum Gasteiger partial charge on any atom is 0.146 e. The van der Waals surface area contributed by atoms with E-state index >= 15 is 0 Å². The van der Waals surface area contributed by atoms with Crippen LogP contribution in [0.5, 0.6) is 0 Å². The van der Waals surface area contributed by atoms with Gasteiger partial charge in [0.05, 0.1) is 5.69 Å². The van der Waals surface area contributed by atoms with Crippen LogP contribution in [-0.2, 0) is 6.54 Å². The maximum atomic E-state index is 14.3. The Labute approximate surface area is 122 Å². The van der Waals surface area contributed by atoms with Gasteiger partial charge in [-0.25, -0.2) is 4.39 Å². The second-order valence-corrected chi connectivity index (χ2v) is 6.65. The summed E-state index contributed by atoms with van der Waals surface area (Å²) in [7, 11) is 0. The van der Waals surface area contributed by atoms with Crippen molar-refractivity contribution in [1.82, 2.24) is 5.32 Å². The third kappa shape index (κ3) is 3.95. The number of piperidine rings is 1. The molecular weight excluding hydrogens is 251 g/mol. The van der Waals surface area contributed by atoms with Crippen LogP contribution in [-0.4, -0.2) is 19.6 Å². The van der Waals surface area contributed by atoms with Gasteiger partial charge in [0.1, 0.15) is 5.82 Å². The Hall–Kier alpha value is -1.09. The first-order valence-electron chi connectivity index (χ1n) is 7.76. The minimum atomic E-state index is -0.0847. The molecule has 0 spiro atoms. The van der Waals surface area contributed by atoms with E-state index < -0.39 is 0 Å². The molecule has 20 heavy (non-hydrogen) atoms. The van der Waals surface area contributed by atoms with Crippen molar-refractivity contribution in [2.24, 2.45) is 5.41 Å². The zero-order valence-corrected chi connectivity index (χ0v) is 13.0. The molecule has 0 aromatic heterocycles. The van der Waals surface area contributed by atoms with Gasteiger partial charge in [0.25, 0.3) is 0 Å². The molecule has 2 nitrogen and oxygen atoms in total. The lowest BCUT2D eigenvalue weighted by Crippen LogP contribution is -2.40. The number of halogens is 1. The molecule has 0 bridgehead atoms. The number of hydrogen-bond donors (Lipinski definition) is 1. The molecule has 1 aromatic carbocycles. The van der Waals surface area contributed by atoms with E-state index in [9.17, 15) is 4.39 Å². The Balaban J connectivity index is 2.05. The average Bonchev–Trinajstić information content (AvgIpc) is 2.38. The third-order valence-electron chi connectivity index (χ3n) is 4.01. The molecule has 1 saturated heterocycles. The molecule has 1 fully saturated rings. The monoisotopic (exact) mass is 278 g/mol. The van der Waals surface area contributed by atoms with Gasteiger partial charge in [-0.05, 0) is 48.9 Å². The largest absolute Gasteiger partial charge is 0.369 e. The summed E-state index contributed by atoms with van der Waals surface area (Å²) in [5.74, 6) is -0.0847. The van der Waals surface area contributed by atoms with Crippen molar-refractivity contribution >= 4 is 5.69 Å². The molecular formula is C17H27FN2. The van der Waals surface area contributed by atoms with Crippen LogP contribution in [0.15, 0.2) is 18.2 Å². The number of nitrogens with one attached hydrogen (secondary N) is 1. The molecule has 0 saturated carbocycles. The summed E-state index contributed by atoms with van der Waals surface area (Å²) in [4.78, 5) is 2.20. The fourth-order valence-electron chi connectivity index (χ4n) is 2.96. The topological polar surface area (TPSA) is 15.3 Å². The van der Waals surface area contributed by atoms with Crippen molar-refractivity contribution in [3.05, 3.63) is 29.6 Å².